The van der Waals surface area contributed by atoms with E-state index >= 15 is 0 Å². The van der Waals surface area contributed by atoms with Crippen molar-refractivity contribution >= 4 is 5.97 Å². The number of carboxylic acids is 1. The molecule has 0 aliphatic heterocycles. The Morgan fingerprint density at radius 3 is 2.40 bits per heavy atom. The van der Waals surface area contributed by atoms with Crippen molar-refractivity contribution in [1.82, 2.24) is 0 Å². The molecule has 0 saturated carbocycles. The first-order valence-electron chi connectivity index (χ1n) is 4.17. The van der Waals surface area contributed by atoms with E-state index in [-0.39, 0.29) is 26.0 Å². The third-order valence-electron chi connectivity index (χ3n) is 1.92. The second-order valence-electron chi connectivity index (χ2n) is 2.93. The molecule has 0 bridgehead atoms. The molecule has 0 aromatic heterocycles. The minimum Gasteiger partial charge on any atom is -1.00 e. The van der Waals surface area contributed by atoms with Crippen LogP contribution in [0, 0.1) is 0 Å². The maximum atomic E-state index is 10.6. The van der Waals surface area contributed by atoms with E-state index in [1.54, 1.807) is 12.1 Å². The first-order valence-corrected chi connectivity index (χ1v) is 4.17. The van der Waals surface area contributed by atoms with Crippen LogP contribution in [0.15, 0.2) is 24.3 Å². The third kappa shape index (κ3) is 4.39. The summed E-state index contributed by atoms with van der Waals surface area (Å²) in [6, 6.07) is 6.38. The molecular weight excluding hydrogens is 191 g/mol. The summed E-state index contributed by atoms with van der Waals surface area (Å²) in [4.78, 5) is 10.6. The number of methoxy groups -OCH3 is 1. The van der Waals surface area contributed by atoms with E-state index in [0.29, 0.717) is 6.42 Å². The Morgan fingerprint density at radius 1 is 1.47 bits per heavy atom. The summed E-state index contributed by atoms with van der Waals surface area (Å²) in [5.41, 5.74) is 0.817. The molecule has 0 aliphatic carbocycles. The summed E-state index contributed by atoms with van der Waals surface area (Å²) in [7, 11) is 1.36. The van der Waals surface area contributed by atoms with Gasteiger partial charge in [-0.3, -0.25) is 0 Å². The van der Waals surface area contributed by atoms with E-state index in [1.807, 2.05) is 0 Å². The first kappa shape index (κ1) is 14.0. The Balaban J connectivity index is 0. The van der Waals surface area contributed by atoms with Crippen LogP contribution in [0.25, 0.3) is 0 Å². The summed E-state index contributed by atoms with van der Waals surface area (Å²) in [6.45, 7) is 0. The van der Waals surface area contributed by atoms with Crippen LogP contribution in [0.3, 0.4) is 0 Å². The van der Waals surface area contributed by atoms with Crippen molar-refractivity contribution in [2.75, 3.05) is 7.11 Å². The molecule has 0 radical (unpaired) electrons. The van der Waals surface area contributed by atoms with Crippen molar-refractivity contribution in [3.63, 3.8) is 0 Å². The fraction of sp³-hybridized carbons (Fsp3) is 0.300. The summed E-state index contributed by atoms with van der Waals surface area (Å²) in [5.74, 6) is -0.821. The van der Waals surface area contributed by atoms with Crippen LogP contribution in [0.5, 0.6) is 5.75 Å². The van der Waals surface area contributed by atoms with Gasteiger partial charge in [0.2, 0.25) is 0 Å². The van der Waals surface area contributed by atoms with Gasteiger partial charge in [-0.15, -0.1) is 0 Å². The van der Waals surface area contributed by atoms with Gasteiger partial charge in [-0.25, -0.2) is 4.79 Å². The van der Waals surface area contributed by atoms with Gasteiger partial charge in [0.15, 0.2) is 6.10 Å². The standard InChI is InChI=1S/C10H12O4.Li.H/c1-14-9(10(12)13)6-7-2-4-8(11)5-3-7;;/h2-5,9,11H,6H2,1H3,(H,12,13);;/q;+1;-1. The molecule has 0 heterocycles. The van der Waals surface area contributed by atoms with Crippen molar-refractivity contribution in [2.24, 2.45) is 0 Å². The van der Waals surface area contributed by atoms with Crippen molar-refractivity contribution in [1.29, 1.82) is 0 Å². The molecule has 0 fully saturated rings. The van der Waals surface area contributed by atoms with Crippen LogP contribution in [-0.4, -0.2) is 29.4 Å². The van der Waals surface area contributed by atoms with Gasteiger partial charge >= 0.3 is 24.8 Å². The molecule has 0 saturated heterocycles. The van der Waals surface area contributed by atoms with Crippen LogP contribution in [0.4, 0.5) is 0 Å². The summed E-state index contributed by atoms with van der Waals surface area (Å²) >= 11 is 0. The number of phenolic OH excluding ortho intramolecular Hbond substituents is 1. The Hall–Kier alpha value is -0.953. The van der Waals surface area contributed by atoms with Crippen LogP contribution >= 0.6 is 0 Å². The molecule has 1 unspecified atom stereocenters. The normalized spacial score (nSPS) is 11.5. The smallest absolute Gasteiger partial charge is 1.00 e. The molecule has 2 N–H and O–H groups in total. The zero-order chi connectivity index (χ0) is 10.6. The topological polar surface area (TPSA) is 66.8 Å². The van der Waals surface area contributed by atoms with Gasteiger partial charge in [-0.05, 0) is 17.7 Å². The van der Waals surface area contributed by atoms with Crippen molar-refractivity contribution in [3.8, 4) is 5.75 Å². The SMILES string of the molecule is COC(Cc1ccc(O)cc1)C(=O)O.[H-].[Li+]. The minimum absolute atomic E-state index is 0. The number of benzene rings is 1. The van der Waals surface area contributed by atoms with Gasteiger partial charge in [-0.1, -0.05) is 12.1 Å². The van der Waals surface area contributed by atoms with Gasteiger partial charge in [-0.2, -0.15) is 0 Å². The number of rotatable bonds is 4. The molecule has 78 valence electrons. The van der Waals surface area contributed by atoms with Gasteiger partial charge in [0, 0.05) is 13.5 Å². The van der Waals surface area contributed by atoms with Gasteiger partial charge in [0.25, 0.3) is 0 Å². The van der Waals surface area contributed by atoms with E-state index in [9.17, 15) is 4.79 Å². The van der Waals surface area contributed by atoms with Crippen molar-refractivity contribution in [3.05, 3.63) is 29.8 Å². The van der Waals surface area contributed by atoms with E-state index in [0.717, 1.165) is 5.56 Å². The Bertz CT molecular complexity index is 315. The quantitative estimate of drug-likeness (QED) is 0.565. The molecule has 1 atom stereocenters. The number of carbonyl (C=O) groups is 1. The van der Waals surface area contributed by atoms with Gasteiger partial charge in [0.1, 0.15) is 5.75 Å². The van der Waals surface area contributed by atoms with Crippen LogP contribution in [0.2, 0.25) is 0 Å². The molecule has 5 heteroatoms. The molecule has 0 aliphatic rings. The Morgan fingerprint density at radius 2 is 2.00 bits per heavy atom. The number of ether oxygens (including phenoxy) is 1. The third-order valence-corrected chi connectivity index (χ3v) is 1.92. The largest absolute Gasteiger partial charge is 1.00 e. The fourth-order valence-electron chi connectivity index (χ4n) is 1.12. The molecule has 0 spiro atoms. The molecule has 1 aromatic rings. The number of phenols is 1. The van der Waals surface area contributed by atoms with Crippen LogP contribution in [0.1, 0.15) is 6.99 Å². The van der Waals surface area contributed by atoms with Gasteiger partial charge in [0.05, 0.1) is 0 Å². The fourth-order valence-corrected chi connectivity index (χ4v) is 1.12. The number of hydrogen-bond acceptors (Lipinski definition) is 3. The van der Waals surface area contributed by atoms with Crippen molar-refractivity contribution in [2.45, 2.75) is 12.5 Å². The molecule has 15 heavy (non-hydrogen) atoms. The Labute approximate surface area is 102 Å². The Kier molecular flexibility index (Phi) is 6.10. The van der Waals surface area contributed by atoms with Crippen molar-refractivity contribution < 1.29 is 40.0 Å². The monoisotopic (exact) mass is 204 g/mol. The average Bonchev–Trinajstić information content (AvgIpc) is 2.16. The number of carboxylic acid groups (broad SMARTS) is 1. The van der Waals surface area contributed by atoms with Crippen LogP contribution in [-0.2, 0) is 16.0 Å². The summed E-state index contributed by atoms with van der Waals surface area (Å²) in [6.07, 6.45) is -0.536. The average molecular weight is 204 g/mol. The van der Waals surface area contributed by atoms with Gasteiger partial charge < -0.3 is 16.4 Å². The number of aliphatic carboxylic acids is 1. The summed E-state index contributed by atoms with van der Waals surface area (Å²) in [5, 5.41) is 17.7. The molecule has 4 nitrogen and oxygen atoms in total. The molecule has 1 rings (SSSR count). The molecule has 0 amide bonds. The predicted molar refractivity (Wildman–Crippen MR) is 51.4 cm³/mol. The maximum absolute atomic E-state index is 10.6. The van der Waals surface area contributed by atoms with E-state index < -0.39 is 12.1 Å². The minimum atomic E-state index is -0.986. The van der Waals surface area contributed by atoms with E-state index in [2.05, 4.69) is 0 Å². The number of hydrogen-bond donors (Lipinski definition) is 2. The second-order valence-corrected chi connectivity index (χ2v) is 2.93. The summed E-state index contributed by atoms with van der Waals surface area (Å²) < 4.78 is 4.78. The first-order chi connectivity index (χ1) is 6.63. The van der Waals surface area contributed by atoms with E-state index in [1.165, 1.54) is 19.2 Å². The zero-order valence-corrected chi connectivity index (χ0v) is 8.80. The zero-order valence-electron chi connectivity index (χ0n) is 9.80. The maximum Gasteiger partial charge on any atom is 1.00 e. The number of aromatic hydroxyl groups is 1. The molecule has 1 aromatic carbocycles. The van der Waals surface area contributed by atoms with E-state index in [4.69, 9.17) is 14.9 Å². The molecular formula is C10H13LiO4. The predicted octanol–water partition coefficient (Wildman–Crippen LogP) is -1.85. The second kappa shape index (κ2) is 6.52. The van der Waals surface area contributed by atoms with Crippen LogP contribution < -0.4 is 18.9 Å².